The number of rotatable bonds is 1. The van der Waals surface area contributed by atoms with Crippen molar-refractivity contribution in [2.45, 2.75) is 19.4 Å². The fourth-order valence-corrected chi connectivity index (χ4v) is 1.55. The minimum atomic E-state index is -0.120. The van der Waals surface area contributed by atoms with Crippen LogP contribution in [0.2, 0.25) is 0 Å². The molecule has 70 valence electrons. The minimum absolute atomic E-state index is 0.0138. The molecule has 0 bridgehead atoms. The molecule has 1 saturated heterocycles. The van der Waals surface area contributed by atoms with Gasteiger partial charge >= 0.3 is 0 Å². The van der Waals surface area contributed by atoms with Crippen molar-refractivity contribution in [3.05, 3.63) is 35.1 Å². The Morgan fingerprint density at radius 1 is 1.54 bits per heavy atom. The van der Waals surface area contributed by atoms with Crippen molar-refractivity contribution in [3.63, 3.8) is 0 Å². The van der Waals surface area contributed by atoms with Crippen LogP contribution in [0.3, 0.4) is 0 Å². The fourth-order valence-electron chi connectivity index (χ4n) is 1.55. The van der Waals surface area contributed by atoms with Gasteiger partial charge in [-0.3, -0.25) is 0 Å². The van der Waals surface area contributed by atoms with Crippen molar-refractivity contribution >= 4 is 0 Å². The molecule has 1 fully saturated rings. The van der Waals surface area contributed by atoms with Crippen LogP contribution < -0.4 is 5.48 Å². The zero-order valence-electron chi connectivity index (χ0n) is 7.51. The Kier molecular flexibility index (Phi) is 2.29. The lowest BCUT2D eigenvalue weighted by atomic mass is 10.0. The first-order chi connectivity index (χ1) is 6.29. The lowest BCUT2D eigenvalue weighted by molar-refractivity contribution is 0.0877. The van der Waals surface area contributed by atoms with E-state index in [0.717, 1.165) is 6.42 Å². The van der Waals surface area contributed by atoms with Crippen molar-refractivity contribution < 1.29 is 9.23 Å². The summed E-state index contributed by atoms with van der Waals surface area (Å²) >= 11 is 0. The van der Waals surface area contributed by atoms with Gasteiger partial charge in [-0.15, -0.1) is 0 Å². The first-order valence-electron chi connectivity index (χ1n) is 4.41. The highest BCUT2D eigenvalue weighted by molar-refractivity contribution is 5.27. The highest BCUT2D eigenvalue weighted by Gasteiger charge is 2.20. The van der Waals surface area contributed by atoms with Gasteiger partial charge in [-0.05, 0) is 18.9 Å². The molecule has 1 aromatic rings. The van der Waals surface area contributed by atoms with E-state index in [1.165, 1.54) is 0 Å². The first-order valence-corrected chi connectivity index (χ1v) is 4.41. The largest absolute Gasteiger partial charge is 0.301 e. The standard InChI is InChI=1S/C10H12FNO/c1-7-3-2-4-8(10(7)11)9-5-6-13-12-9/h2-4,9,12H,5-6H2,1H3. The van der Waals surface area contributed by atoms with E-state index in [2.05, 4.69) is 5.48 Å². The van der Waals surface area contributed by atoms with Crippen LogP contribution in [0, 0.1) is 12.7 Å². The lowest BCUT2D eigenvalue weighted by Gasteiger charge is -2.10. The van der Waals surface area contributed by atoms with E-state index in [4.69, 9.17) is 4.84 Å². The minimum Gasteiger partial charge on any atom is -0.301 e. The van der Waals surface area contributed by atoms with Crippen LogP contribution in [-0.4, -0.2) is 6.61 Å². The highest BCUT2D eigenvalue weighted by Crippen LogP contribution is 2.24. The molecule has 0 aromatic heterocycles. The molecule has 13 heavy (non-hydrogen) atoms. The summed E-state index contributed by atoms with van der Waals surface area (Å²) in [5.41, 5.74) is 4.19. The molecule has 1 atom stereocenters. The smallest absolute Gasteiger partial charge is 0.130 e. The second kappa shape index (κ2) is 3.44. The van der Waals surface area contributed by atoms with E-state index < -0.39 is 0 Å². The van der Waals surface area contributed by atoms with Crippen molar-refractivity contribution in [2.75, 3.05) is 6.61 Å². The predicted octanol–water partition coefficient (Wildman–Crippen LogP) is 2.10. The van der Waals surface area contributed by atoms with Crippen molar-refractivity contribution in [3.8, 4) is 0 Å². The molecule has 0 aliphatic carbocycles. The number of hydroxylamine groups is 1. The van der Waals surface area contributed by atoms with Crippen LogP contribution in [0.1, 0.15) is 23.6 Å². The fraction of sp³-hybridized carbons (Fsp3) is 0.400. The zero-order valence-corrected chi connectivity index (χ0v) is 7.51. The molecule has 1 N–H and O–H groups in total. The van der Waals surface area contributed by atoms with E-state index in [-0.39, 0.29) is 11.9 Å². The Bertz CT molecular complexity index is 308. The molecule has 1 unspecified atom stereocenters. The summed E-state index contributed by atoms with van der Waals surface area (Å²) in [7, 11) is 0. The molecular formula is C10H12FNO. The van der Waals surface area contributed by atoms with Crippen molar-refractivity contribution in [2.24, 2.45) is 0 Å². The third kappa shape index (κ3) is 1.57. The zero-order chi connectivity index (χ0) is 9.26. The second-order valence-corrected chi connectivity index (χ2v) is 3.29. The highest BCUT2D eigenvalue weighted by atomic mass is 19.1. The van der Waals surface area contributed by atoms with Gasteiger partial charge in [-0.25, -0.2) is 4.39 Å². The van der Waals surface area contributed by atoms with Crippen LogP contribution in [0.5, 0.6) is 0 Å². The molecule has 2 nitrogen and oxygen atoms in total. The molecule has 1 aromatic carbocycles. The summed E-state index contributed by atoms with van der Waals surface area (Å²) in [6.45, 7) is 2.42. The maximum Gasteiger partial charge on any atom is 0.130 e. The van der Waals surface area contributed by atoms with E-state index in [0.29, 0.717) is 17.7 Å². The maximum atomic E-state index is 13.6. The lowest BCUT2D eigenvalue weighted by Crippen LogP contribution is -2.13. The molecule has 0 amide bonds. The van der Waals surface area contributed by atoms with E-state index >= 15 is 0 Å². The van der Waals surface area contributed by atoms with Crippen LogP contribution in [-0.2, 0) is 4.84 Å². The number of nitrogens with one attached hydrogen (secondary N) is 1. The van der Waals surface area contributed by atoms with E-state index in [1.807, 2.05) is 6.07 Å². The quantitative estimate of drug-likeness (QED) is 0.716. The number of aryl methyl sites for hydroxylation is 1. The van der Waals surface area contributed by atoms with Crippen LogP contribution >= 0.6 is 0 Å². The maximum absolute atomic E-state index is 13.6. The van der Waals surface area contributed by atoms with Gasteiger partial charge in [0.15, 0.2) is 0 Å². The summed E-state index contributed by atoms with van der Waals surface area (Å²) < 4.78 is 13.6. The third-order valence-corrected chi connectivity index (χ3v) is 2.33. The summed E-state index contributed by atoms with van der Waals surface area (Å²) in [6.07, 6.45) is 0.834. The summed E-state index contributed by atoms with van der Waals surface area (Å²) in [4.78, 5) is 4.99. The molecule has 1 heterocycles. The second-order valence-electron chi connectivity index (χ2n) is 3.29. The number of halogens is 1. The Balaban J connectivity index is 2.33. The Labute approximate surface area is 76.7 Å². The first kappa shape index (κ1) is 8.66. The average molecular weight is 181 g/mol. The molecule has 2 rings (SSSR count). The van der Waals surface area contributed by atoms with Gasteiger partial charge in [0, 0.05) is 5.56 Å². The molecule has 1 aliphatic rings. The molecular weight excluding hydrogens is 169 g/mol. The Hall–Kier alpha value is -0.930. The van der Waals surface area contributed by atoms with E-state index in [1.54, 1.807) is 19.1 Å². The Morgan fingerprint density at radius 3 is 3.08 bits per heavy atom. The van der Waals surface area contributed by atoms with Crippen molar-refractivity contribution in [1.82, 2.24) is 5.48 Å². The Morgan fingerprint density at radius 2 is 2.38 bits per heavy atom. The van der Waals surface area contributed by atoms with Crippen LogP contribution in [0.15, 0.2) is 18.2 Å². The monoisotopic (exact) mass is 181 g/mol. The summed E-state index contributed by atoms with van der Waals surface area (Å²) in [5.74, 6) is -0.120. The third-order valence-electron chi connectivity index (χ3n) is 2.33. The van der Waals surface area contributed by atoms with Gasteiger partial charge in [-0.2, -0.15) is 5.48 Å². The molecule has 0 saturated carbocycles. The number of hydrogen-bond acceptors (Lipinski definition) is 2. The molecule has 3 heteroatoms. The SMILES string of the molecule is Cc1cccc(C2CCON2)c1F. The van der Waals surface area contributed by atoms with Crippen LogP contribution in [0.4, 0.5) is 4.39 Å². The van der Waals surface area contributed by atoms with E-state index in [9.17, 15) is 4.39 Å². The van der Waals surface area contributed by atoms with Crippen molar-refractivity contribution in [1.29, 1.82) is 0 Å². The van der Waals surface area contributed by atoms with Gasteiger partial charge in [0.2, 0.25) is 0 Å². The van der Waals surface area contributed by atoms with Gasteiger partial charge in [-0.1, -0.05) is 18.2 Å². The van der Waals surface area contributed by atoms with Crippen LogP contribution in [0.25, 0.3) is 0 Å². The average Bonchev–Trinajstić information content (AvgIpc) is 2.62. The molecule has 0 spiro atoms. The predicted molar refractivity (Wildman–Crippen MR) is 47.6 cm³/mol. The van der Waals surface area contributed by atoms with Gasteiger partial charge < -0.3 is 4.84 Å². The molecule has 1 aliphatic heterocycles. The number of benzene rings is 1. The normalized spacial score (nSPS) is 22.2. The summed E-state index contributed by atoms with van der Waals surface area (Å²) in [6, 6.07) is 5.46. The number of hydrogen-bond donors (Lipinski definition) is 1. The van der Waals surface area contributed by atoms with Gasteiger partial charge in [0.1, 0.15) is 5.82 Å². The topological polar surface area (TPSA) is 21.3 Å². The van der Waals surface area contributed by atoms with Gasteiger partial charge in [0.25, 0.3) is 0 Å². The molecule has 0 radical (unpaired) electrons. The summed E-state index contributed by atoms with van der Waals surface area (Å²) in [5, 5.41) is 0. The van der Waals surface area contributed by atoms with Gasteiger partial charge in [0.05, 0.1) is 12.6 Å².